The summed E-state index contributed by atoms with van der Waals surface area (Å²) in [6, 6.07) is 1.54. The van der Waals surface area contributed by atoms with Gasteiger partial charge in [-0.25, -0.2) is 9.97 Å². The molecule has 126 valence electrons. The molecular formula is C13H10F3N4O2PS. The van der Waals surface area contributed by atoms with Gasteiger partial charge in [0.2, 0.25) is 5.88 Å². The van der Waals surface area contributed by atoms with Crippen LogP contribution >= 0.6 is 20.8 Å². The molecule has 3 aromatic rings. The molecule has 11 heteroatoms. The second kappa shape index (κ2) is 6.10. The van der Waals surface area contributed by atoms with E-state index in [-0.39, 0.29) is 16.7 Å². The van der Waals surface area contributed by atoms with Crippen molar-refractivity contribution in [1.29, 1.82) is 0 Å². The molecule has 0 aliphatic rings. The van der Waals surface area contributed by atoms with Crippen LogP contribution in [-0.4, -0.2) is 20.1 Å². The van der Waals surface area contributed by atoms with E-state index < -0.39 is 11.9 Å². The molecule has 3 aromatic heterocycles. The average molecular weight is 374 g/mol. The van der Waals surface area contributed by atoms with Crippen LogP contribution in [0.1, 0.15) is 17.1 Å². The van der Waals surface area contributed by atoms with Crippen LogP contribution in [0.2, 0.25) is 0 Å². The number of thiazole rings is 1. The lowest BCUT2D eigenvalue weighted by atomic mass is 10.1. The summed E-state index contributed by atoms with van der Waals surface area (Å²) in [4.78, 5) is 11.9. The molecule has 0 aliphatic heterocycles. The van der Waals surface area contributed by atoms with Gasteiger partial charge >= 0.3 is 6.18 Å². The highest BCUT2D eigenvalue weighted by Gasteiger charge is 2.34. The second-order valence-corrected chi connectivity index (χ2v) is 5.86. The fraction of sp³-hybridized carbons (Fsp3) is 0.231. The van der Waals surface area contributed by atoms with Gasteiger partial charge in [-0.2, -0.15) is 18.2 Å². The monoisotopic (exact) mass is 374 g/mol. The number of rotatable bonds is 3. The SMILES string of the molecule is Cc1noc(C)c1-c1cc(OP)nc(-c2nc(C(F)(F)F)cs2)n1. The lowest BCUT2D eigenvalue weighted by Gasteiger charge is -2.05. The van der Waals surface area contributed by atoms with Gasteiger partial charge in [0.15, 0.2) is 16.5 Å². The smallest absolute Gasteiger partial charge is 0.434 e. The molecule has 3 rings (SSSR count). The van der Waals surface area contributed by atoms with Gasteiger partial charge in [-0.05, 0) is 13.8 Å². The summed E-state index contributed by atoms with van der Waals surface area (Å²) in [5.74, 6) is 0.733. The zero-order valence-electron chi connectivity index (χ0n) is 12.4. The van der Waals surface area contributed by atoms with E-state index in [0.717, 1.165) is 16.7 Å². The topological polar surface area (TPSA) is 73.9 Å². The van der Waals surface area contributed by atoms with Crippen molar-refractivity contribution in [2.45, 2.75) is 20.0 Å². The van der Waals surface area contributed by atoms with Crippen molar-refractivity contribution in [2.75, 3.05) is 0 Å². The van der Waals surface area contributed by atoms with Gasteiger partial charge in [0.25, 0.3) is 0 Å². The summed E-state index contributed by atoms with van der Waals surface area (Å²) in [6.07, 6.45) is -4.52. The number of aromatic nitrogens is 4. The third kappa shape index (κ3) is 3.11. The zero-order chi connectivity index (χ0) is 17.5. The van der Waals surface area contributed by atoms with Crippen LogP contribution in [0.3, 0.4) is 0 Å². The lowest BCUT2D eigenvalue weighted by Crippen LogP contribution is -2.05. The van der Waals surface area contributed by atoms with Crippen molar-refractivity contribution < 1.29 is 22.2 Å². The van der Waals surface area contributed by atoms with Crippen LogP contribution in [0.5, 0.6) is 5.88 Å². The largest absolute Gasteiger partial charge is 0.463 e. The normalized spacial score (nSPS) is 11.8. The van der Waals surface area contributed by atoms with Crippen molar-refractivity contribution in [1.82, 2.24) is 20.1 Å². The average Bonchev–Trinajstić information content (AvgIpc) is 3.14. The van der Waals surface area contributed by atoms with E-state index in [1.165, 1.54) is 0 Å². The molecule has 24 heavy (non-hydrogen) atoms. The Morgan fingerprint density at radius 2 is 1.96 bits per heavy atom. The molecule has 0 spiro atoms. The molecule has 0 amide bonds. The second-order valence-electron chi connectivity index (χ2n) is 4.77. The molecule has 3 heterocycles. The van der Waals surface area contributed by atoms with E-state index in [4.69, 9.17) is 9.05 Å². The molecule has 1 unspecified atom stereocenters. The van der Waals surface area contributed by atoms with Gasteiger partial charge in [0, 0.05) is 11.4 Å². The van der Waals surface area contributed by atoms with E-state index in [1.807, 2.05) is 9.47 Å². The Morgan fingerprint density at radius 3 is 2.50 bits per heavy atom. The molecule has 6 nitrogen and oxygen atoms in total. The number of hydrogen-bond donors (Lipinski definition) is 0. The van der Waals surface area contributed by atoms with Crippen LogP contribution in [0.25, 0.3) is 22.1 Å². The predicted octanol–water partition coefficient (Wildman–Crippen LogP) is 4.06. The summed E-state index contributed by atoms with van der Waals surface area (Å²) >= 11 is 0.806. The summed E-state index contributed by atoms with van der Waals surface area (Å²) in [5.41, 5.74) is 0.677. The number of alkyl halides is 3. The maximum absolute atomic E-state index is 12.7. The lowest BCUT2D eigenvalue weighted by molar-refractivity contribution is -0.140. The fourth-order valence-electron chi connectivity index (χ4n) is 2.06. The minimum Gasteiger partial charge on any atom is -0.463 e. The molecule has 1 atom stereocenters. The van der Waals surface area contributed by atoms with Crippen LogP contribution in [0.4, 0.5) is 13.2 Å². The van der Waals surface area contributed by atoms with Gasteiger partial charge in [-0.1, -0.05) is 5.16 Å². The van der Waals surface area contributed by atoms with E-state index in [9.17, 15) is 13.2 Å². The molecule has 0 bridgehead atoms. The molecule has 0 fully saturated rings. The first-order chi connectivity index (χ1) is 11.3. The van der Waals surface area contributed by atoms with Crippen LogP contribution in [0, 0.1) is 13.8 Å². The van der Waals surface area contributed by atoms with E-state index in [0.29, 0.717) is 22.7 Å². The Kier molecular flexibility index (Phi) is 4.27. The Hall–Kier alpha value is -2.06. The number of aryl methyl sites for hydroxylation is 2. The summed E-state index contributed by atoms with van der Waals surface area (Å²) in [6.45, 7) is 3.45. The minimum absolute atomic E-state index is 0.0328. The molecule has 0 aliphatic carbocycles. The van der Waals surface area contributed by atoms with Crippen LogP contribution in [0.15, 0.2) is 16.0 Å². The Balaban J connectivity index is 2.12. The van der Waals surface area contributed by atoms with Gasteiger partial charge in [0.05, 0.1) is 26.4 Å². The predicted molar refractivity (Wildman–Crippen MR) is 83.5 cm³/mol. The molecule has 0 aromatic carbocycles. The van der Waals surface area contributed by atoms with Crippen molar-refractivity contribution in [3.63, 3.8) is 0 Å². The van der Waals surface area contributed by atoms with Crippen molar-refractivity contribution in [2.24, 2.45) is 0 Å². The van der Waals surface area contributed by atoms with Gasteiger partial charge < -0.3 is 9.05 Å². The van der Waals surface area contributed by atoms with Crippen molar-refractivity contribution >= 4 is 20.8 Å². The van der Waals surface area contributed by atoms with Crippen molar-refractivity contribution in [3.05, 3.63) is 28.6 Å². The first-order valence-corrected chi connectivity index (χ1v) is 7.87. The zero-order valence-corrected chi connectivity index (χ0v) is 14.4. The molecular weight excluding hydrogens is 364 g/mol. The van der Waals surface area contributed by atoms with Gasteiger partial charge in [-0.3, -0.25) is 0 Å². The van der Waals surface area contributed by atoms with Crippen LogP contribution < -0.4 is 4.52 Å². The number of hydrogen-bond acceptors (Lipinski definition) is 7. The highest BCUT2D eigenvalue weighted by atomic mass is 32.1. The number of halogens is 3. The maximum Gasteiger partial charge on any atom is 0.434 e. The summed E-state index contributed by atoms with van der Waals surface area (Å²) in [7, 11) is 2.03. The Morgan fingerprint density at radius 1 is 1.21 bits per heavy atom. The molecule has 0 N–H and O–H groups in total. The van der Waals surface area contributed by atoms with Gasteiger partial charge in [0.1, 0.15) is 5.76 Å². The third-order valence-corrected chi connectivity index (χ3v) is 4.18. The summed E-state index contributed by atoms with van der Waals surface area (Å²) in [5, 5.41) is 4.80. The van der Waals surface area contributed by atoms with Crippen molar-refractivity contribution in [3.8, 4) is 28.0 Å². The van der Waals surface area contributed by atoms with E-state index in [2.05, 4.69) is 20.1 Å². The van der Waals surface area contributed by atoms with Crippen LogP contribution in [-0.2, 0) is 6.18 Å². The van der Waals surface area contributed by atoms with Gasteiger partial charge in [-0.15, -0.1) is 11.3 Å². The molecule has 0 saturated carbocycles. The first kappa shape index (κ1) is 16.8. The van der Waals surface area contributed by atoms with E-state index >= 15 is 0 Å². The quantitative estimate of drug-likeness (QED) is 0.644. The number of nitrogens with zero attached hydrogens (tertiary/aromatic N) is 4. The highest BCUT2D eigenvalue weighted by molar-refractivity contribution is 7.13. The Labute approximate surface area is 140 Å². The summed E-state index contributed by atoms with van der Waals surface area (Å²) < 4.78 is 48.3. The fourth-order valence-corrected chi connectivity index (χ4v) is 2.94. The Bertz CT molecular complexity index is 874. The standard InChI is InChI=1S/C13H10F3N4O2PS/c1-5-10(6(2)21-20-5)7-3-9(22-23)19-11(17-7)12-18-8(4-24-12)13(14,15)16/h3-4H,23H2,1-2H3. The third-order valence-electron chi connectivity index (χ3n) is 3.10. The minimum atomic E-state index is -4.52. The molecule has 0 saturated heterocycles. The first-order valence-electron chi connectivity index (χ1n) is 6.51. The molecule has 0 radical (unpaired) electrons. The van der Waals surface area contributed by atoms with E-state index in [1.54, 1.807) is 19.9 Å². The highest BCUT2D eigenvalue weighted by Crippen LogP contribution is 2.34. The maximum atomic E-state index is 12.7.